The fourth-order valence-corrected chi connectivity index (χ4v) is 3.21. The van der Waals surface area contributed by atoms with E-state index < -0.39 is 0 Å². The molecule has 0 unspecified atom stereocenters. The maximum absolute atomic E-state index is 6.08. The van der Waals surface area contributed by atoms with Crippen LogP contribution in [-0.4, -0.2) is 47.3 Å². The van der Waals surface area contributed by atoms with Crippen LogP contribution in [0.5, 0.6) is 5.75 Å². The maximum atomic E-state index is 6.08. The van der Waals surface area contributed by atoms with Gasteiger partial charge in [-0.05, 0) is 37.9 Å². The van der Waals surface area contributed by atoms with Gasteiger partial charge in [0.25, 0.3) is 0 Å². The Bertz CT molecular complexity index is 614. The third kappa shape index (κ3) is 3.92. The summed E-state index contributed by atoms with van der Waals surface area (Å²) in [5.41, 5.74) is 2.04. The highest BCUT2D eigenvalue weighted by atomic mass is 16.5. The number of para-hydroxylation sites is 1. The maximum Gasteiger partial charge on any atom is 0.122 e. The van der Waals surface area contributed by atoms with Gasteiger partial charge in [0, 0.05) is 32.1 Å². The molecule has 0 saturated carbocycles. The third-order valence-electron chi connectivity index (χ3n) is 4.58. The average Bonchev–Trinajstić information content (AvgIpc) is 3.07. The average molecular weight is 315 g/mol. The first kappa shape index (κ1) is 16.0. The van der Waals surface area contributed by atoms with Crippen LogP contribution in [0.1, 0.15) is 24.1 Å². The molecule has 1 atom stereocenters. The number of piperidine rings is 1. The lowest BCUT2D eigenvalue weighted by atomic mass is 9.93. The van der Waals surface area contributed by atoms with Gasteiger partial charge in [0.05, 0.1) is 6.33 Å². The Morgan fingerprint density at radius 3 is 2.96 bits per heavy atom. The van der Waals surface area contributed by atoms with E-state index in [1.54, 1.807) is 13.4 Å². The Morgan fingerprint density at radius 2 is 2.22 bits per heavy atom. The number of aryl methyl sites for hydroxylation is 1. The first-order chi connectivity index (χ1) is 11.2. The molecule has 1 N–H and O–H groups in total. The van der Waals surface area contributed by atoms with Crippen LogP contribution in [0.2, 0.25) is 0 Å². The van der Waals surface area contributed by atoms with Gasteiger partial charge >= 0.3 is 0 Å². The summed E-state index contributed by atoms with van der Waals surface area (Å²) in [6, 6.07) is 8.12. The summed E-state index contributed by atoms with van der Waals surface area (Å²) in [6.45, 7) is 5.46. The molecule has 2 heterocycles. The van der Waals surface area contributed by atoms with Crippen molar-refractivity contribution >= 4 is 0 Å². The second kappa shape index (κ2) is 7.15. The van der Waals surface area contributed by atoms with E-state index in [0.717, 1.165) is 49.5 Å². The highest BCUT2D eigenvalue weighted by molar-refractivity contribution is 5.31. The van der Waals surface area contributed by atoms with Crippen LogP contribution in [0.15, 0.2) is 36.8 Å². The van der Waals surface area contributed by atoms with Crippen LogP contribution in [0.3, 0.4) is 0 Å². The zero-order valence-electron chi connectivity index (χ0n) is 13.9. The molecule has 0 amide bonds. The normalized spacial score (nSPS) is 22.2. The first-order valence-corrected chi connectivity index (χ1v) is 8.14. The van der Waals surface area contributed by atoms with Crippen LogP contribution >= 0.6 is 0 Å². The smallest absolute Gasteiger partial charge is 0.122 e. The number of benzene rings is 1. The molecule has 2 aromatic rings. The van der Waals surface area contributed by atoms with Crippen molar-refractivity contribution in [3.8, 4) is 5.75 Å². The molecule has 0 aliphatic carbocycles. The summed E-state index contributed by atoms with van der Waals surface area (Å²) in [7, 11) is 1.79. The monoisotopic (exact) mass is 315 g/mol. The lowest BCUT2D eigenvalue weighted by Crippen LogP contribution is -2.52. The fraction of sp³-hybridized carbons (Fsp3) is 0.500. The number of hydrogen-bond acceptors (Lipinski definition) is 4. The van der Waals surface area contributed by atoms with Crippen LogP contribution in [0, 0.1) is 6.92 Å². The molecule has 1 aliphatic rings. The third-order valence-corrected chi connectivity index (χ3v) is 4.58. The number of H-pyrrole nitrogens is 1. The molecule has 3 rings (SSSR count). The molecule has 5 heteroatoms. The largest absolute Gasteiger partial charge is 0.490 e. The van der Waals surface area contributed by atoms with Gasteiger partial charge in [-0.1, -0.05) is 18.2 Å². The standard InChI is InChI=1S/C18H25N3O2/c1-15-6-3-4-7-17(15)23-13-18(22-2)8-5-9-21(12-18)11-16-10-19-14-20-16/h3-4,6-7,10,14H,5,8-9,11-13H2,1-2H3,(H,19,20)/t18-/m0/s1. The minimum Gasteiger partial charge on any atom is -0.490 e. The summed E-state index contributed by atoms with van der Waals surface area (Å²) in [5.74, 6) is 0.939. The van der Waals surface area contributed by atoms with Gasteiger partial charge in [-0.3, -0.25) is 4.90 Å². The van der Waals surface area contributed by atoms with Crippen molar-refractivity contribution < 1.29 is 9.47 Å². The number of aromatic amines is 1. The predicted molar refractivity (Wildman–Crippen MR) is 89.5 cm³/mol. The van der Waals surface area contributed by atoms with Gasteiger partial charge in [-0.15, -0.1) is 0 Å². The molecule has 0 spiro atoms. The van der Waals surface area contributed by atoms with E-state index in [2.05, 4.69) is 27.9 Å². The number of ether oxygens (including phenoxy) is 2. The summed E-state index contributed by atoms with van der Waals surface area (Å²) < 4.78 is 12.0. The van der Waals surface area contributed by atoms with E-state index in [1.165, 1.54) is 0 Å². The van der Waals surface area contributed by atoms with Crippen molar-refractivity contribution in [2.24, 2.45) is 0 Å². The molecule has 5 nitrogen and oxygen atoms in total. The molecular weight excluding hydrogens is 290 g/mol. The highest BCUT2D eigenvalue weighted by Crippen LogP contribution is 2.27. The molecular formula is C18H25N3O2. The Morgan fingerprint density at radius 1 is 1.35 bits per heavy atom. The second-order valence-electron chi connectivity index (χ2n) is 6.33. The van der Waals surface area contributed by atoms with Gasteiger partial charge in [0.2, 0.25) is 0 Å². The molecule has 1 aromatic carbocycles. The summed E-state index contributed by atoms with van der Waals surface area (Å²) in [5, 5.41) is 0. The number of nitrogens with zero attached hydrogens (tertiary/aromatic N) is 2. The van der Waals surface area contributed by atoms with Crippen molar-refractivity contribution in [2.75, 3.05) is 26.8 Å². The van der Waals surface area contributed by atoms with Crippen molar-refractivity contribution in [1.82, 2.24) is 14.9 Å². The van der Waals surface area contributed by atoms with Gasteiger partial charge in [-0.25, -0.2) is 4.98 Å². The zero-order chi connectivity index (χ0) is 16.1. The lowest BCUT2D eigenvalue weighted by molar-refractivity contribution is -0.0911. The minimum atomic E-state index is -0.249. The Labute approximate surface area is 137 Å². The van der Waals surface area contributed by atoms with Gasteiger partial charge in [-0.2, -0.15) is 0 Å². The molecule has 1 aromatic heterocycles. The Kier molecular flexibility index (Phi) is 4.98. The van der Waals surface area contributed by atoms with Crippen LogP contribution < -0.4 is 4.74 Å². The van der Waals surface area contributed by atoms with Gasteiger partial charge in [0.1, 0.15) is 18.0 Å². The van der Waals surface area contributed by atoms with Crippen molar-refractivity contribution in [3.05, 3.63) is 48.0 Å². The first-order valence-electron chi connectivity index (χ1n) is 8.14. The van der Waals surface area contributed by atoms with Crippen LogP contribution in [0.25, 0.3) is 0 Å². The van der Waals surface area contributed by atoms with E-state index in [0.29, 0.717) is 6.61 Å². The summed E-state index contributed by atoms with van der Waals surface area (Å²) >= 11 is 0. The van der Waals surface area contributed by atoms with Crippen molar-refractivity contribution in [1.29, 1.82) is 0 Å². The molecule has 1 fully saturated rings. The topological polar surface area (TPSA) is 50.4 Å². The van der Waals surface area contributed by atoms with Crippen molar-refractivity contribution in [2.45, 2.75) is 31.9 Å². The Hall–Kier alpha value is -1.85. The predicted octanol–water partition coefficient (Wildman–Crippen LogP) is 2.78. The van der Waals surface area contributed by atoms with E-state index in [-0.39, 0.29) is 5.60 Å². The quantitative estimate of drug-likeness (QED) is 0.890. The van der Waals surface area contributed by atoms with E-state index in [9.17, 15) is 0 Å². The minimum absolute atomic E-state index is 0.249. The van der Waals surface area contributed by atoms with E-state index >= 15 is 0 Å². The highest BCUT2D eigenvalue weighted by Gasteiger charge is 2.36. The molecule has 0 radical (unpaired) electrons. The van der Waals surface area contributed by atoms with Crippen LogP contribution in [-0.2, 0) is 11.3 Å². The second-order valence-corrected chi connectivity index (χ2v) is 6.33. The van der Waals surface area contributed by atoms with Gasteiger partial charge < -0.3 is 14.5 Å². The molecule has 1 aliphatic heterocycles. The number of aromatic nitrogens is 2. The van der Waals surface area contributed by atoms with Crippen LogP contribution in [0.4, 0.5) is 0 Å². The number of likely N-dealkylation sites (tertiary alicyclic amines) is 1. The summed E-state index contributed by atoms with van der Waals surface area (Å²) in [4.78, 5) is 9.67. The molecule has 124 valence electrons. The lowest BCUT2D eigenvalue weighted by Gasteiger charge is -2.41. The number of rotatable bonds is 6. The van der Waals surface area contributed by atoms with Gasteiger partial charge in [0.15, 0.2) is 0 Å². The SMILES string of the molecule is CO[C@@]1(COc2ccccc2C)CCCN(Cc2cnc[nH]2)C1. The molecule has 1 saturated heterocycles. The number of nitrogens with one attached hydrogen (secondary N) is 1. The number of methoxy groups -OCH3 is 1. The zero-order valence-corrected chi connectivity index (χ0v) is 13.9. The van der Waals surface area contributed by atoms with E-state index in [1.807, 2.05) is 24.4 Å². The van der Waals surface area contributed by atoms with Crippen molar-refractivity contribution in [3.63, 3.8) is 0 Å². The number of hydrogen-bond donors (Lipinski definition) is 1. The molecule has 23 heavy (non-hydrogen) atoms. The Balaban J connectivity index is 1.63. The molecule has 0 bridgehead atoms. The van der Waals surface area contributed by atoms with E-state index in [4.69, 9.17) is 9.47 Å². The number of imidazole rings is 1. The fourth-order valence-electron chi connectivity index (χ4n) is 3.21. The summed E-state index contributed by atoms with van der Waals surface area (Å²) in [6.07, 6.45) is 5.74.